The second kappa shape index (κ2) is 5.50. The number of aliphatic imine (C=N–C) groups is 1. The van der Waals surface area contributed by atoms with Gasteiger partial charge in [-0.1, -0.05) is 6.07 Å². The van der Waals surface area contributed by atoms with Gasteiger partial charge in [0.15, 0.2) is 6.04 Å². The van der Waals surface area contributed by atoms with Crippen molar-refractivity contribution in [3.63, 3.8) is 0 Å². The molecular weight excluding hydrogens is 281 g/mol. The van der Waals surface area contributed by atoms with Gasteiger partial charge in [0.2, 0.25) is 0 Å². The molecular formula is C13H8FN3O4. The number of methoxy groups -OCH3 is 1. The van der Waals surface area contributed by atoms with E-state index in [0.29, 0.717) is 4.90 Å². The molecule has 0 fully saturated rings. The number of carbonyl (C=O) groups excluding carboxylic acids is 3. The SMILES string of the molecule is COC(=O)C(c1ccc(C#N)c(F)c1)N1C(=O)C=NC1=O. The fraction of sp³-hybridized carbons (Fsp3) is 0.154. The number of hydrogen-bond acceptors (Lipinski definition) is 5. The van der Waals surface area contributed by atoms with Crippen LogP contribution in [0.2, 0.25) is 0 Å². The lowest BCUT2D eigenvalue weighted by Crippen LogP contribution is -2.39. The van der Waals surface area contributed by atoms with Gasteiger partial charge in [0.25, 0.3) is 5.91 Å². The smallest absolute Gasteiger partial charge is 0.351 e. The van der Waals surface area contributed by atoms with Crippen LogP contribution in [0.15, 0.2) is 23.2 Å². The second-order valence-corrected chi connectivity index (χ2v) is 4.03. The summed E-state index contributed by atoms with van der Waals surface area (Å²) in [4.78, 5) is 38.9. The number of amides is 3. The Morgan fingerprint density at radius 3 is 2.67 bits per heavy atom. The fourth-order valence-corrected chi connectivity index (χ4v) is 1.86. The number of nitriles is 1. The first-order chi connectivity index (χ1) is 9.99. The minimum Gasteiger partial charge on any atom is -0.467 e. The van der Waals surface area contributed by atoms with Crippen molar-refractivity contribution in [2.24, 2.45) is 4.99 Å². The van der Waals surface area contributed by atoms with Crippen molar-refractivity contribution in [2.45, 2.75) is 6.04 Å². The minimum atomic E-state index is -1.46. The molecule has 2 rings (SSSR count). The van der Waals surface area contributed by atoms with Crippen LogP contribution in [0.5, 0.6) is 0 Å². The Labute approximate surface area is 118 Å². The maximum absolute atomic E-state index is 13.7. The molecule has 0 saturated carbocycles. The minimum absolute atomic E-state index is 0.00514. The van der Waals surface area contributed by atoms with Crippen molar-refractivity contribution in [2.75, 3.05) is 7.11 Å². The average Bonchev–Trinajstić information content (AvgIpc) is 2.79. The zero-order valence-electron chi connectivity index (χ0n) is 10.7. The lowest BCUT2D eigenvalue weighted by atomic mass is 10.0. The Morgan fingerprint density at radius 1 is 1.48 bits per heavy atom. The first-order valence-electron chi connectivity index (χ1n) is 5.68. The summed E-state index contributed by atoms with van der Waals surface area (Å²) in [5.74, 6) is -2.60. The molecule has 21 heavy (non-hydrogen) atoms. The molecule has 1 heterocycles. The van der Waals surface area contributed by atoms with Gasteiger partial charge in [-0.25, -0.2) is 18.9 Å². The molecule has 1 atom stereocenters. The number of carbonyl (C=O) groups is 3. The molecule has 1 aromatic rings. The van der Waals surface area contributed by atoms with Crippen molar-refractivity contribution < 1.29 is 23.5 Å². The van der Waals surface area contributed by atoms with Crippen LogP contribution in [0.3, 0.4) is 0 Å². The summed E-state index contributed by atoms with van der Waals surface area (Å²) in [6.07, 6.45) is 0.762. The van der Waals surface area contributed by atoms with Gasteiger partial charge < -0.3 is 4.74 Å². The number of benzene rings is 1. The molecule has 0 saturated heterocycles. The third-order valence-electron chi connectivity index (χ3n) is 2.84. The van der Waals surface area contributed by atoms with Crippen LogP contribution in [0.1, 0.15) is 17.2 Å². The molecule has 0 bridgehead atoms. The summed E-state index contributed by atoms with van der Waals surface area (Å²) in [6.45, 7) is 0. The average molecular weight is 289 g/mol. The molecule has 0 aromatic heterocycles. The van der Waals surface area contributed by atoms with Gasteiger partial charge >= 0.3 is 12.0 Å². The van der Waals surface area contributed by atoms with Gasteiger partial charge in [-0.05, 0) is 17.7 Å². The van der Waals surface area contributed by atoms with E-state index in [2.05, 4.69) is 9.73 Å². The lowest BCUT2D eigenvalue weighted by molar-refractivity contribution is -0.148. The number of urea groups is 1. The number of esters is 1. The quantitative estimate of drug-likeness (QED) is 0.771. The van der Waals surface area contributed by atoms with E-state index in [4.69, 9.17) is 5.26 Å². The summed E-state index contributed by atoms with van der Waals surface area (Å²) in [7, 11) is 1.07. The maximum Gasteiger partial charge on any atom is 0.351 e. The van der Waals surface area contributed by atoms with Gasteiger partial charge in [0.05, 0.1) is 18.9 Å². The Morgan fingerprint density at radius 2 is 2.19 bits per heavy atom. The number of halogens is 1. The van der Waals surface area contributed by atoms with Crippen LogP contribution in [0.4, 0.5) is 9.18 Å². The van der Waals surface area contributed by atoms with E-state index in [1.807, 2.05) is 0 Å². The molecule has 0 radical (unpaired) electrons. The van der Waals surface area contributed by atoms with E-state index in [-0.39, 0.29) is 11.1 Å². The third-order valence-corrected chi connectivity index (χ3v) is 2.84. The van der Waals surface area contributed by atoms with Gasteiger partial charge in [-0.2, -0.15) is 10.3 Å². The van der Waals surface area contributed by atoms with Gasteiger partial charge in [-0.15, -0.1) is 0 Å². The topological polar surface area (TPSA) is 99.8 Å². The number of imide groups is 1. The van der Waals surface area contributed by atoms with E-state index >= 15 is 0 Å². The predicted octanol–water partition coefficient (Wildman–Crippen LogP) is 0.944. The fourth-order valence-electron chi connectivity index (χ4n) is 1.86. The Kier molecular flexibility index (Phi) is 3.75. The summed E-state index contributed by atoms with van der Waals surface area (Å²) in [5.41, 5.74) is -0.219. The van der Waals surface area contributed by atoms with Crippen molar-refractivity contribution in [3.05, 3.63) is 35.1 Å². The van der Waals surface area contributed by atoms with Crippen LogP contribution in [-0.4, -0.2) is 36.1 Å². The van der Waals surface area contributed by atoms with Crippen molar-refractivity contribution in [1.29, 1.82) is 5.26 Å². The second-order valence-electron chi connectivity index (χ2n) is 4.03. The highest BCUT2D eigenvalue weighted by atomic mass is 19.1. The summed E-state index contributed by atoms with van der Waals surface area (Å²) in [6, 6.07) is 2.54. The Balaban J connectivity index is 2.49. The summed E-state index contributed by atoms with van der Waals surface area (Å²) >= 11 is 0. The van der Waals surface area contributed by atoms with E-state index in [1.54, 1.807) is 6.07 Å². The van der Waals surface area contributed by atoms with Crippen LogP contribution in [0.25, 0.3) is 0 Å². The zero-order chi connectivity index (χ0) is 15.6. The summed E-state index contributed by atoms with van der Waals surface area (Å²) < 4.78 is 18.2. The van der Waals surface area contributed by atoms with E-state index < -0.39 is 29.8 Å². The largest absolute Gasteiger partial charge is 0.467 e. The molecule has 8 heteroatoms. The Bertz CT molecular complexity index is 690. The molecule has 106 valence electrons. The highest BCUT2D eigenvalue weighted by molar-refractivity contribution is 6.36. The molecule has 1 aliphatic rings. The summed E-state index contributed by atoms with van der Waals surface area (Å²) in [5, 5.41) is 8.68. The molecule has 0 spiro atoms. The van der Waals surface area contributed by atoms with E-state index in [9.17, 15) is 18.8 Å². The normalized spacial score (nSPS) is 15.0. The zero-order valence-corrected chi connectivity index (χ0v) is 10.7. The van der Waals surface area contributed by atoms with Gasteiger partial charge in [0.1, 0.15) is 11.9 Å². The number of nitrogens with zero attached hydrogens (tertiary/aromatic N) is 3. The van der Waals surface area contributed by atoms with Crippen molar-refractivity contribution >= 4 is 24.1 Å². The Hall–Kier alpha value is -3.08. The maximum atomic E-state index is 13.7. The van der Waals surface area contributed by atoms with Gasteiger partial charge in [0, 0.05) is 0 Å². The van der Waals surface area contributed by atoms with E-state index in [0.717, 1.165) is 25.5 Å². The van der Waals surface area contributed by atoms with Crippen LogP contribution in [-0.2, 0) is 14.3 Å². The molecule has 7 nitrogen and oxygen atoms in total. The number of hydrogen-bond donors (Lipinski definition) is 0. The lowest BCUT2D eigenvalue weighted by Gasteiger charge is -2.23. The van der Waals surface area contributed by atoms with Gasteiger partial charge in [-0.3, -0.25) is 4.79 Å². The number of ether oxygens (including phenoxy) is 1. The first kappa shape index (κ1) is 14.3. The molecule has 0 N–H and O–H groups in total. The van der Waals surface area contributed by atoms with Crippen LogP contribution >= 0.6 is 0 Å². The van der Waals surface area contributed by atoms with E-state index in [1.165, 1.54) is 6.07 Å². The number of rotatable bonds is 3. The molecule has 1 aliphatic heterocycles. The molecule has 1 aromatic carbocycles. The molecule has 1 unspecified atom stereocenters. The molecule has 0 aliphatic carbocycles. The first-order valence-corrected chi connectivity index (χ1v) is 5.68. The highest BCUT2D eigenvalue weighted by Crippen LogP contribution is 2.26. The standard InChI is InChI=1S/C13H8FN3O4/c1-21-12(19)11(17-10(18)6-16-13(17)20)7-2-3-8(5-15)9(14)4-7/h2-4,6,11H,1H3. The predicted molar refractivity (Wildman–Crippen MR) is 66.6 cm³/mol. The van der Waals surface area contributed by atoms with Crippen LogP contribution in [0, 0.1) is 17.1 Å². The monoisotopic (exact) mass is 289 g/mol. The van der Waals surface area contributed by atoms with Crippen molar-refractivity contribution in [3.8, 4) is 6.07 Å². The molecule has 3 amide bonds. The highest BCUT2D eigenvalue weighted by Gasteiger charge is 2.39. The van der Waals surface area contributed by atoms with Crippen molar-refractivity contribution in [1.82, 2.24) is 4.90 Å². The third kappa shape index (κ3) is 2.49. The van der Waals surface area contributed by atoms with Crippen LogP contribution < -0.4 is 0 Å².